The SMILES string of the molecule is CCN1CCC[C@@H]1CNC(=O)c1sc2nc(C)cc(C)c2c1-n1cccc1. The van der Waals surface area contributed by atoms with E-state index in [0.717, 1.165) is 51.5 Å². The van der Waals surface area contributed by atoms with E-state index in [1.807, 2.05) is 36.0 Å². The molecule has 1 aliphatic rings. The van der Waals surface area contributed by atoms with Crippen molar-refractivity contribution in [3.8, 4) is 5.69 Å². The molecule has 1 aliphatic heterocycles. The van der Waals surface area contributed by atoms with E-state index in [1.165, 1.54) is 17.8 Å². The van der Waals surface area contributed by atoms with Crippen LogP contribution in [0, 0.1) is 13.8 Å². The summed E-state index contributed by atoms with van der Waals surface area (Å²) in [7, 11) is 0. The standard InChI is InChI=1S/C21H26N4OS/c1-4-24-11-7-8-16(24)13-22-20(26)19-18(25-9-5-6-10-25)17-14(2)12-15(3)23-21(17)27-19/h5-6,9-10,12,16H,4,7-8,11,13H2,1-3H3,(H,22,26)/t16-/m1/s1. The van der Waals surface area contributed by atoms with Crippen molar-refractivity contribution in [1.82, 2.24) is 19.8 Å². The van der Waals surface area contributed by atoms with Crippen molar-refractivity contribution >= 4 is 27.5 Å². The van der Waals surface area contributed by atoms with Crippen LogP contribution in [0.3, 0.4) is 0 Å². The molecule has 5 nitrogen and oxygen atoms in total. The third-order valence-corrected chi connectivity index (χ3v) is 6.51. The molecule has 4 rings (SSSR count). The van der Waals surface area contributed by atoms with Gasteiger partial charge in [0.1, 0.15) is 9.71 Å². The number of carbonyl (C=O) groups is 1. The molecule has 0 bridgehead atoms. The summed E-state index contributed by atoms with van der Waals surface area (Å²) < 4.78 is 2.03. The first-order valence-corrected chi connectivity index (χ1v) is 10.5. The van der Waals surface area contributed by atoms with Gasteiger partial charge >= 0.3 is 0 Å². The monoisotopic (exact) mass is 382 g/mol. The number of nitrogens with zero attached hydrogens (tertiary/aromatic N) is 3. The Hall–Kier alpha value is -2.18. The average molecular weight is 383 g/mol. The van der Waals surface area contributed by atoms with Gasteiger partial charge in [0, 0.05) is 36.1 Å². The molecule has 0 spiro atoms. The van der Waals surface area contributed by atoms with Crippen LogP contribution in [0.5, 0.6) is 0 Å². The smallest absolute Gasteiger partial charge is 0.263 e. The van der Waals surface area contributed by atoms with Crippen LogP contribution in [0.2, 0.25) is 0 Å². The molecule has 1 amide bonds. The number of fused-ring (bicyclic) bond motifs is 1. The van der Waals surface area contributed by atoms with Crippen LogP contribution in [-0.4, -0.2) is 46.0 Å². The molecule has 3 aromatic rings. The fourth-order valence-corrected chi connectivity index (χ4v) is 5.35. The number of carbonyl (C=O) groups excluding carboxylic acids is 1. The number of nitrogens with one attached hydrogen (secondary N) is 1. The van der Waals surface area contributed by atoms with E-state index >= 15 is 0 Å². The number of amides is 1. The summed E-state index contributed by atoms with van der Waals surface area (Å²) in [6.45, 7) is 9.17. The summed E-state index contributed by atoms with van der Waals surface area (Å²) >= 11 is 1.49. The van der Waals surface area contributed by atoms with Crippen LogP contribution in [0.25, 0.3) is 15.9 Å². The third kappa shape index (κ3) is 3.39. The average Bonchev–Trinajstić information content (AvgIpc) is 3.37. The van der Waals surface area contributed by atoms with Gasteiger partial charge in [0.15, 0.2) is 0 Å². The quantitative estimate of drug-likeness (QED) is 0.728. The Labute approximate surface area is 164 Å². The molecule has 1 N–H and O–H groups in total. The molecule has 3 aromatic heterocycles. The van der Waals surface area contributed by atoms with E-state index in [4.69, 9.17) is 0 Å². The van der Waals surface area contributed by atoms with Crippen LogP contribution in [0.1, 0.15) is 40.7 Å². The molecule has 1 fully saturated rings. The molecule has 27 heavy (non-hydrogen) atoms. The molecule has 142 valence electrons. The minimum Gasteiger partial charge on any atom is -0.350 e. The number of thiophene rings is 1. The molecular formula is C21H26N4OS. The number of hydrogen-bond donors (Lipinski definition) is 1. The van der Waals surface area contributed by atoms with Gasteiger partial charge in [-0.15, -0.1) is 11.3 Å². The fourth-order valence-electron chi connectivity index (χ4n) is 4.14. The number of pyridine rings is 1. The van der Waals surface area contributed by atoms with Gasteiger partial charge in [-0.25, -0.2) is 4.98 Å². The molecule has 0 aliphatic carbocycles. The Morgan fingerprint density at radius 3 is 2.85 bits per heavy atom. The summed E-state index contributed by atoms with van der Waals surface area (Å²) in [6.07, 6.45) is 6.36. The van der Waals surface area contributed by atoms with Crippen LogP contribution < -0.4 is 5.32 Å². The van der Waals surface area contributed by atoms with Gasteiger partial charge in [-0.2, -0.15) is 0 Å². The van der Waals surface area contributed by atoms with Gasteiger partial charge in [0.25, 0.3) is 5.91 Å². The first-order chi connectivity index (χ1) is 13.1. The number of aryl methyl sites for hydroxylation is 2. The Kier molecular flexibility index (Phi) is 5.02. The van der Waals surface area contributed by atoms with Crippen molar-refractivity contribution in [1.29, 1.82) is 0 Å². The molecular weight excluding hydrogens is 356 g/mol. The zero-order chi connectivity index (χ0) is 19.0. The zero-order valence-corrected chi connectivity index (χ0v) is 17.0. The number of likely N-dealkylation sites (tertiary alicyclic amines) is 1. The number of hydrogen-bond acceptors (Lipinski definition) is 4. The van der Waals surface area contributed by atoms with Crippen molar-refractivity contribution < 1.29 is 4.79 Å². The van der Waals surface area contributed by atoms with Crippen molar-refractivity contribution in [2.75, 3.05) is 19.6 Å². The minimum atomic E-state index is 0.00158. The Bertz CT molecular complexity index is 960. The van der Waals surface area contributed by atoms with Crippen LogP contribution in [0.15, 0.2) is 30.6 Å². The lowest BCUT2D eigenvalue weighted by Gasteiger charge is -2.22. The van der Waals surface area contributed by atoms with Crippen LogP contribution >= 0.6 is 11.3 Å². The molecule has 6 heteroatoms. The van der Waals surface area contributed by atoms with Gasteiger partial charge in [-0.1, -0.05) is 6.92 Å². The molecule has 0 unspecified atom stereocenters. The Morgan fingerprint density at radius 1 is 1.33 bits per heavy atom. The highest BCUT2D eigenvalue weighted by Crippen LogP contribution is 2.35. The predicted molar refractivity (Wildman–Crippen MR) is 111 cm³/mol. The highest BCUT2D eigenvalue weighted by Gasteiger charge is 2.26. The van der Waals surface area contributed by atoms with Gasteiger partial charge in [0.05, 0.1) is 5.69 Å². The normalized spacial score (nSPS) is 17.7. The van der Waals surface area contributed by atoms with E-state index in [9.17, 15) is 4.79 Å². The lowest BCUT2D eigenvalue weighted by Crippen LogP contribution is -2.40. The maximum atomic E-state index is 13.1. The molecule has 0 aromatic carbocycles. The highest BCUT2D eigenvalue weighted by molar-refractivity contribution is 7.21. The third-order valence-electron chi connectivity index (χ3n) is 5.43. The van der Waals surface area contributed by atoms with E-state index in [0.29, 0.717) is 12.6 Å². The summed E-state index contributed by atoms with van der Waals surface area (Å²) in [5.41, 5.74) is 3.09. The maximum Gasteiger partial charge on any atom is 0.263 e. The molecule has 0 radical (unpaired) electrons. The minimum absolute atomic E-state index is 0.00158. The zero-order valence-electron chi connectivity index (χ0n) is 16.2. The fraction of sp³-hybridized carbons (Fsp3) is 0.429. The van der Waals surface area contributed by atoms with Gasteiger partial charge in [0.2, 0.25) is 0 Å². The topological polar surface area (TPSA) is 50.2 Å². The number of likely N-dealkylation sites (N-methyl/N-ethyl adjacent to an activating group) is 1. The largest absolute Gasteiger partial charge is 0.350 e. The summed E-state index contributed by atoms with van der Waals surface area (Å²) in [4.78, 5) is 21.9. The van der Waals surface area contributed by atoms with Gasteiger partial charge in [-0.05, 0) is 63.5 Å². The molecule has 4 heterocycles. The van der Waals surface area contributed by atoms with Crippen molar-refractivity contribution in [2.24, 2.45) is 0 Å². The summed E-state index contributed by atoms with van der Waals surface area (Å²) in [5.74, 6) is 0.00158. The number of rotatable bonds is 5. The highest BCUT2D eigenvalue weighted by atomic mass is 32.1. The van der Waals surface area contributed by atoms with Crippen molar-refractivity contribution in [2.45, 2.75) is 39.7 Å². The Morgan fingerprint density at radius 2 is 2.11 bits per heavy atom. The number of aromatic nitrogens is 2. The summed E-state index contributed by atoms with van der Waals surface area (Å²) in [6, 6.07) is 6.51. The first-order valence-electron chi connectivity index (χ1n) is 9.64. The predicted octanol–water partition coefficient (Wildman–Crippen LogP) is 3.92. The van der Waals surface area contributed by atoms with Crippen molar-refractivity contribution in [3.63, 3.8) is 0 Å². The van der Waals surface area contributed by atoms with Crippen LogP contribution in [0.4, 0.5) is 0 Å². The van der Waals surface area contributed by atoms with Gasteiger partial charge in [-0.3, -0.25) is 9.69 Å². The lowest BCUT2D eigenvalue weighted by atomic mass is 10.1. The second-order valence-corrected chi connectivity index (χ2v) is 8.26. The Balaban J connectivity index is 1.69. The lowest BCUT2D eigenvalue weighted by molar-refractivity contribution is 0.0945. The van der Waals surface area contributed by atoms with E-state index < -0.39 is 0 Å². The van der Waals surface area contributed by atoms with E-state index in [1.54, 1.807) is 0 Å². The molecule has 1 atom stereocenters. The van der Waals surface area contributed by atoms with Crippen molar-refractivity contribution in [3.05, 3.63) is 46.7 Å². The van der Waals surface area contributed by atoms with E-state index in [-0.39, 0.29) is 5.91 Å². The molecule has 0 saturated carbocycles. The second-order valence-electron chi connectivity index (χ2n) is 7.27. The van der Waals surface area contributed by atoms with E-state index in [2.05, 4.69) is 35.1 Å². The maximum absolute atomic E-state index is 13.1. The first kappa shape index (κ1) is 18.2. The second kappa shape index (κ2) is 7.44. The molecule has 1 saturated heterocycles. The van der Waals surface area contributed by atoms with Gasteiger partial charge < -0.3 is 9.88 Å². The summed E-state index contributed by atoms with van der Waals surface area (Å²) in [5, 5.41) is 4.26. The van der Waals surface area contributed by atoms with Crippen LogP contribution in [-0.2, 0) is 0 Å².